The van der Waals surface area contributed by atoms with E-state index in [4.69, 9.17) is 4.74 Å². The van der Waals surface area contributed by atoms with Gasteiger partial charge in [-0.3, -0.25) is 0 Å². The summed E-state index contributed by atoms with van der Waals surface area (Å²) in [5.41, 5.74) is 2.64. The van der Waals surface area contributed by atoms with E-state index in [1.165, 1.54) is 11.3 Å². The maximum absolute atomic E-state index is 5.42. The lowest BCUT2D eigenvalue weighted by molar-refractivity contribution is 0.154. The fourth-order valence-electron chi connectivity index (χ4n) is 1.99. The molecule has 0 fully saturated rings. The van der Waals surface area contributed by atoms with Crippen LogP contribution in [-0.2, 0) is 11.3 Å². The van der Waals surface area contributed by atoms with Crippen molar-refractivity contribution in [2.24, 2.45) is 5.92 Å². The molecule has 0 heterocycles. The lowest BCUT2D eigenvalue weighted by atomic mass is 10.1. The van der Waals surface area contributed by atoms with Gasteiger partial charge < -0.3 is 15.0 Å². The van der Waals surface area contributed by atoms with Crippen molar-refractivity contribution < 1.29 is 4.74 Å². The number of nitrogens with zero attached hydrogens (tertiary/aromatic N) is 1. The Morgan fingerprint density at radius 3 is 2.68 bits per heavy atom. The molecule has 0 aromatic heterocycles. The molecule has 0 unspecified atom stereocenters. The van der Waals surface area contributed by atoms with Crippen LogP contribution in [0.4, 0.5) is 5.69 Å². The normalized spacial score (nSPS) is 11.0. The Bertz CT molecular complexity index is 352. The fraction of sp³-hybridized carbons (Fsp3) is 0.625. The lowest BCUT2D eigenvalue weighted by Gasteiger charge is -2.22. The van der Waals surface area contributed by atoms with E-state index in [1.54, 1.807) is 0 Å². The van der Waals surface area contributed by atoms with Gasteiger partial charge in [-0.25, -0.2) is 0 Å². The average Bonchev–Trinajstić information content (AvgIpc) is 2.39. The highest BCUT2D eigenvalue weighted by Crippen LogP contribution is 2.18. The number of hydrogen-bond acceptors (Lipinski definition) is 3. The number of anilines is 1. The van der Waals surface area contributed by atoms with Gasteiger partial charge in [-0.1, -0.05) is 32.0 Å². The van der Waals surface area contributed by atoms with Crippen molar-refractivity contribution in [1.29, 1.82) is 0 Å². The zero-order valence-corrected chi connectivity index (χ0v) is 12.8. The molecule has 0 bridgehead atoms. The van der Waals surface area contributed by atoms with Crippen LogP contribution in [0.2, 0.25) is 0 Å². The first-order valence-corrected chi connectivity index (χ1v) is 7.22. The van der Waals surface area contributed by atoms with Gasteiger partial charge in [-0.05, 0) is 31.0 Å². The molecule has 0 spiro atoms. The van der Waals surface area contributed by atoms with E-state index in [1.807, 2.05) is 6.92 Å². The summed E-state index contributed by atoms with van der Waals surface area (Å²) in [5, 5.41) is 3.51. The topological polar surface area (TPSA) is 24.5 Å². The second-order valence-corrected chi connectivity index (χ2v) is 5.27. The average molecular weight is 264 g/mol. The van der Waals surface area contributed by atoms with E-state index in [0.29, 0.717) is 5.92 Å². The van der Waals surface area contributed by atoms with Gasteiger partial charge in [-0.15, -0.1) is 0 Å². The first kappa shape index (κ1) is 16.0. The summed E-state index contributed by atoms with van der Waals surface area (Å²) in [7, 11) is 2.13. The minimum absolute atomic E-state index is 0.683. The van der Waals surface area contributed by atoms with E-state index >= 15 is 0 Å². The minimum Gasteiger partial charge on any atom is -0.380 e. The predicted molar refractivity (Wildman–Crippen MR) is 82.7 cm³/mol. The van der Waals surface area contributed by atoms with Crippen molar-refractivity contribution in [3.05, 3.63) is 29.8 Å². The third-order valence-electron chi connectivity index (χ3n) is 3.05. The lowest BCUT2D eigenvalue weighted by Crippen LogP contribution is -2.25. The van der Waals surface area contributed by atoms with Gasteiger partial charge in [0.1, 0.15) is 0 Å². The molecule has 3 nitrogen and oxygen atoms in total. The minimum atomic E-state index is 0.683. The monoisotopic (exact) mass is 264 g/mol. The standard InChI is InChI=1S/C16H28N2O/c1-5-19-11-10-18(4)16-9-7-6-8-15(16)13-17-12-14(2)3/h6-9,14,17H,5,10-13H2,1-4H3. The molecule has 0 saturated heterocycles. The van der Waals surface area contributed by atoms with Gasteiger partial charge in [-0.2, -0.15) is 0 Å². The molecule has 1 rings (SSSR count). The van der Waals surface area contributed by atoms with E-state index in [2.05, 4.69) is 55.4 Å². The van der Waals surface area contributed by atoms with Crippen LogP contribution >= 0.6 is 0 Å². The Balaban J connectivity index is 2.56. The predicted octanol–water partition coefficient (Wildman–Crippen LogP) is 2.90. The molecule has 3 heteroatoms. The highest BCUT2D eigenvalue weighted by atomic mass is 16.5. The van der Waals surface area contributed by atoms with E-state index in [9.17, 15) is 0 Å². The molecule has 0 aliphatic heterocycles. The van der Waals surface area contributed by atoms with Crippen molar-refractivity contribution >= 4 is 5.69 Å². The van der Waals surface area contributed by atoms with Crippen LogP contribution in [0, 0.1) is 5.92 Å². The summed E-state index contributed by atoms with van der Waals surface area (Å²) < 4.78 is 5.42. The van der Waals surface area contributed by atoms with Crippen LogP contribution in [0.1, 0.15) is 26.3 Å². The number of para-hydroxylation sites is 1. The first-order chi connectivity index (χ1) is 9.15. The SMILES string of the molecule is CCOCCN(C)c1ccccc1CNCC(C)C. The molecular weight excluding hydrogens is 236 g/mol. The van der Waals surface area contributed by atoms with Crippen LogP contribution in [-0.4, -0.2) is 33.4 Å². The molecule has 108 valence electrons. The zero-order chi connectivity index (χ0) is 14.1. The number of ether oxygens (including phenoxy) is 1. The smallest absolute Gasteiger partial charge is 0.0641 e. The molecule has 19 heavy (non-hydrogen) atoms. The first-order valence-electron chi connectivity index (χ1n) is 7.22. The van der Waals surface area contributed by atoms with Gasteiger partial charge in [0.2, 0.25) is 0 Å². The molecular formula is C16H28N2O. The van der Waals surface area contributed by atoms with Crippen molar-refractivity contribution in [3.8, 4) is 0 Å². The second kappa shape index (κ2) is 8.94. The summed E-state index contributed by atoms with van der Waals surface area (Å²) in [6.07, 6.45) is 0. The molecule has 1 aromatic carbocycles. The number of hydrogen-bond donors (Lipinski definition) is 1. The van der Waals surface area contributed by atoms with Crippen LogP contribution in [0.25, 0.3) is 0 Å². The Hall–Kier alpha value is -1.06. The van der Waals surface area contributed by atoms with Crippen LogP contribution in [0.5, 0.6) is 0 Å². The zero-order valence-electron chi connectivity index (χ0n) is 12.8. The van der Waals surface area contributed by atoms with Crippen molar-refractivity contribution in [2.75, 3.05) is 38.3 Å². The molecule has 0 atom stereocenters. The number of nitrogens with one attached hydrogen (secondary N) is 1. The van der Waals surface area contributed by atoms with Crippen LogP contribution < -0.4 is 10.2 Å². The Kier molecular flexibility index (Phi) is 7.53. The quantitative estimate of drug-likeness (QED) is 0.694. The summed E-state index contributed by atoms with van der Waals surface area (Å²) in [6.45, 7) is 11.0. The molecule has 0 aliphatic carbocycles. The van der Waals surface area contributed by atoms with Crippen LogP contribution in [0.3, 0.4) is 0 Å². The molecule has 0 aliphatic rings. The molecule has 1 N–H and O–H groups in total. The highest BCUT2D eigenvalue weighted by molar-refractivity contribution is 5.53. The summed E-state index contributed by atoms with van der Waals surface area (Å²) in [6, 6.07) is 8.57. The molecule has 0 radical (unpaired) electrons. The largest absolute Gasteiger partial charge is 0.380 e. The molecule has 0 saturated carbocycles. The van der Waals surface area contributed by atoms with Gasteiger partial charge in [0.25, 0.3) is 0 Å². The van der Waals surface area contributed by atoms with Crippen molar-refractivity contribution in [2.45, 2.75) is 27.3 Å². The van der Waals surface area contributed by atoms with Crippen molar-refractivity contribution in [3.63, 3.8) is 0 Å². The Morgan fingerprint density at radius 1 is 1.26 bits per heavy atom. The number of benzene rings is 1. The number of likely N-dealkylation sites (N-methyl/N-ethyl adjacent to an activating group) is 1. The summed E-state index contributed by atoms with van der Waals surface area (Å²) >= 11 is 0. The maximum Gasteiger partial charge on any atom is 0.0641 e. The Labute approximate surface area is 118 Å². The van der Waals surface area contributed by atoms with Crippen LogP contribution in [0.15, 0.2) is 24.3 Å². The highest BCUT2D eigenvalue weighted by Gasteiger charge is 2.06. The van der Waals surface area contributed by atoms with Gasteiger partial charge >= 0.3 is 0 Å². The third-order valence-corrected chi connectivity index (χ3v) is 3.05. The third kappa shape index (κ3) is 6.08. The van der Waals surface area contributed by atoms with E-state index in [-0.39, 0.29) is 0 Å². The van der Waals surface area contributed by atoms with Gasteiger partial charge in [0, 0.05) is 32.4 Å². The molecule has 0 amide bonds. The van der Waals surface area contributed by atoms with Gasteiger partial charge in [0.15, 0.2) is 0 Å². The number of rotatable bonds is 9. The second-order valence-electron chi connectivity index (χ2n) is 5.27. The van der Waals surface area contributed by atoms with E-state index < -0.39 is 0 Å². The van der Waals surface area contributed by atoms with Gasteiger partial charge in [0.05, 0.1) is 6.61 Å². The maximum atomic E-state index is 5.42. The van der Waals surface area contributed by atoms with Crippen molar-refractivity contribution in [1.82, 2.24) is 5.32 Å². The molecule has 1 aromatic rings. The summed E-state index contributed by atoms with van der Waals surface area (Å²) in [5.74, 6) is 0.683. The summed E-state index contributed by atoms with van der Waals surface area (Å²) in [4.78, 5) is 2.27. The fourth-order valence-corrected chi connectivity index (χ4v) is 1.99. The van der Waals surface area contributed by atoms with E-state index in [0.717, 1.165) is 32.8 Å². The Morgan fingerprint density at radius 2 is 2.00 bits per heavy atom.